The van der Waals surface area contributed by atoms with Gasteiger partial charge in [-0.1, -0.05) is 18.5 Å². The van der Waals surface area contributed by atoms with Gasteiger partial charge in [-0.2, -0.15) is 0 Å². The molecule has 0 aromatic heterocycles. The summed E-state index contributed by atoms with van der Waals surface area (Å²) in [6.07, 6.45) is 0. The average molecular weight is 217 g/mol. The lowest BCUT2D eigenvalue weighted by atomic mass is 10.1. The van der Waals surface area contributed by atoms with Crippen LogP contribution in [0.25, 0.3) is 0 Å². The van der Waals surface area contributed by atoms with Crippen molar-refractivity contribution in [2.45, 2.75) is 13.0 Å². The number of hydrogen-bond acceptors (Lipinski definition) is 2. The van der Waals surface area contributed by atoms with Crippen molar-refractivity contribution in [3.8, 4) is 0 Å². The molecule has 0 amide bonds. The molecule has 1 rings (SSSR count). The third kappa shape index (κ3) is 2.94. The standard InChI is InChI=1S/C10H14ClFN2/c1-2-14-6-10(13)8-5-7(11)3-4-9(8)12/h3-5,10,14H,2,6,13H2,1H3. The first kappa shape index (κ1) is 11.4. The first-order chi connectivity index (χ1) is 6.65. The largest absolute Gasteiger partial charge is 0.323 e. The van der Waals surface area contributed by atoms with Crippen molar-refractivity contribution >= 4 is 11.6 Å². The molecule has 0 heterocycles. The number of likely N-dealkylation sites (N-methyl/N-ethyl adjacent to an activating group) is 1. The lowest BCUT2D eigenvalue weighted by molar-refractivity contribution is 0.556. The molecule has 0 aliphatic carbocycles. The summed E-state index contributed by atoms with van der Waals surface area (Å²) in [6, 6.07) is 4.07. The molecule has 78 valence electrons. The van der Waals surface area contributed by atoms with Gasteiger partial charge in [-0.25, -0.2) is 4.39 Å². The maximum absolute atomic E-state index is 13.3. The Labute approximate surface area is 88.2 Å². The second kappa shape index (κ2) is 5.29. The van der Waals surface area contributed by atoms with E-state index in [2.05, 4.69) is 5.32 Å². The van der Waals surface area contributed by atoms with Gasteiger partial charge in [0.2, 0.25) is 0 Å². The molecule has 0 saturated carbocycles. The molecule has 1 aromatic carbocycles. The fraction of sp³-hybridized carbons (Fsp3) is 0.400. The summed E-state index contributed by atoms with van der Waals surface area (Å²) in [5.41, 5.74) is 6.25. The van der Waals surface area contributed by atoms with Gasteiger partial charge in [-0.15, -0.1) is 0 Å². The van der Waals surface area contributed by atoms with Crippen LogP contribution < -0.4 is 11.1 Å². The van der Waals surface area contributed by atoms with Crippen LogP contribution >= 0.6 is 11.6 Å². The Morgan fingerprint density at radius 3 is 2.93 bits per heavy atom. The number of nitrogens with one attached hydrogen (secondary N) is 1. The highest BCUT2D eigenvalue weighted by atomic mass is 35.5. The van der Waals surface area contributed by atoms with E-state index in [1.165, 1.54) is 12.1 Å². The molecule has 0 bridgehead atoms. The van der Waals surface area contributed by atoms with Gasteiger partial charge in [0, 0.05) is 23.2 Å². The molecule has 0 saturated heterocycles. The van der Waals surface area contributed by atoms with Crippen molar-refractivity contribution in [3.63, 3.8) is 0 Å². The first-order valence-corrected chi connectivity index (χ1v) is 4.94. The van der Waals surface area contributed by atoms with Gasteiger partial charge in [-0.05, 0) is 24.7 Å². The van der Waals surface area contributed by atoms with Crippen LogP contribution in [-0.2, 0) is 0 Å². The van der Waals surface area contributed by atoms with E-state index in [-0.39, 0.29) is 11.9 Å². The molecular weight excluding hydrogens is 203 g/mol. The lowest BCUT2D eigenvalue weighted by Crippen LogP contribution is -2.27. The quantitative estimate of drug-likeness (QED) is 0.809. The Balaban J connectivity index is 2.77. The number of rotatable bonds is 4. The molecule has 2 nitrogen and oxygen atoms in total. The fourth-order valence-corrected chi connectivity index (χ4v) is 1.39. The van der Waals surface area contributed by atoms with Crippen molar-refractivity contribution in [2.75, 3.05) is 13.1 Å². The molecule has 0 aliphatic heterocycles. The zero-order chi connectivity index (χ0) is 10.6. The summed E-state index contributed by atoms with van der Waals surface area (Å²) in [6.45, 7) is 3.34. The average Bonchev–Trinajstić information content (AvgIpc) is 2.18. The molecule has 3 N–H and O–H groups in total. The van der Waals surface area contributed by atoms with Crippen LogP contribution in [-0.4, -0.2) is 13.1 Å². The van der Waals surface area contributed by atoms with Gasteiger partial charge in [-0.3, -0.25) is 0 Å². The minimum atomic E-state index is -0.353. The number of halogens is 2. The van der Waals surface area contributed by atoms with E-state index in [9.17, 15) is 4.39 Å². The lowest BCUT2D eigenvalue weighted by Gasteiger charge is -2.13. The maximum atomic E-state index is 13.3. The molecule has 1 unspecified atom stereocenters. The van der Waals surface area contributed by atoms with Crippen LogP contribution in [0.5, 0.6) is 0 Å². The van der Waals surface area contributed by atoms with E-state index >= 15 is 0 Å². The van der Waals surface area contributed by atoms with Gasteiger partial charge in [0.15, 0.2) is 0 Å². The number of nitrogens with two attached hydrogens (primary N) is 1. The molecule has 0 aliphatic rings. The first-order valence-electron chi connectivity index (χ1n) is 4.56. The van der Waals surface area contributed by atoms with Gasteiger partial charge in [0.25, 0.3) is 0 Å². The minimum absolute atomic E-state index is 0.306. The molecular formula is C10H14ClFN2. The van der Waals surface area contributed by atoms with E-state index in [1.807, 2.05) is 6.92 Å². The molecule has 1 atom stereocenters. The summed E-state index contributed by atoms with van der Waals surface area (Å²) >= 11 is 5.75. The molecule has 0 fully saturated rings. The summed E-state index contributed by atoms with van der Waals surface area (Å²) in [7, 11) is 0. The van der Waals surface area contributed by atoms with Gasteiger partial charge >= 0.3 is 0 Å². The Kier molecular flexibility index (Phi) is 4.32. The molecule has 0 spiro atoms. The number of hydrogen-bond donors (Lipinski definition) is 2. The van der Waals surface area contributed by atoms with E-state index in [1.54, 1.807) is 6.07 Å². The van der Waals surface area contributed by atoms with Crippen molar-refractivity contribution in [3.05, 3.63) is 34.6 Å². The van der Waals surface area contributed by atoms with Crippen LogP contribution in [0.1, 0.15) is 18.5 Å². The van der Waals surface area contributed by atoms with E-state index in [0.29, 0.717) is 17.1 Å². The number of benzene rings is 1. The maximum Gasteiger partial charge on any atom is 0.128 e. The summed E-state index contributed by atoms with van der Waals surface area (Å²) in [4.78, 5) is 0. The Morgan fingerprint density at radius 1 is 1.57 bits per heavy atom. The van der Waals surface area contributed by atoms with Crippen LogP contribution in [0.15, 0.2) is 18.2 Å². The molecule has 4 heteroatoms. The molecule has 1 aromatic rings. The summed E-state index contributed by atoms with van der Waals surface area (Å²) < 4.78 is 13.3. The highest BCUT2D eigenvalue weighted by Gasteiger charge is 2.10. The highest BCUT2D eigenvalue weighted by molar-refractivity contribution is 6.30. The Bertz CT molecular complexity index is 304. The van der Waals surface area contributed by atoms with Crippen LogP contribution in [0.3, 0.4) is 0 Å². The highest BCUT2D eigenvalue weighted by Crippen LogP contribution is 2.19. The second-order valence-corrected chi connectivity index (χ2v) is 3.52. The molecule has 0 radical (unpaired) electrons. The van der Waals surface area contributed by atoms with Crippen LogP contribution in [0.2, 0.25) is 5.02 Å². The van der Waals surface area contributed by atoms with Crippen molar-refractivity contribution in [1.82, 2.24) is 5.32 Å². The van der Waals surface area contributed by atoms with Crippen LogP contribution in [0, 0.1) is 5.82 Å². The van der Waals surface area contributed by atoms with Crippen molar-refractivity contribution < 1.29 is 4.39 Å². The minimum Gasteiger partial charge on any atom is -0.323 e. The van der Waals surface area contributed by atoms with E-state index in [0.717, 1.165) is 6.54 Å². The monoisotopic (exact) mass is 216 g/mol. The summed E-state index contributed by atoms with van der Waals surface area (Å²) in [5, 5.41) is 3.57. The Morgan fingerprint density at radius 2 is 2.29 bits per heavy atom. The third-order valence-corrected chi connectivity index (χ3v) is 2.21. The van der Waals surface area contributed by atoms with E-state index in [4.69, 9.17) is 17.3 Å². The van der Waals surface area contributed by atoms with Gasteiger partial charge in [0.1, 0.15) is 5.82 Å². The normalized spacial score (nSPS) is 12.9. The predicted molar refractivity (Wildman–Crippen MR) is 56.9 cm³/mol. The Hall–Kier alpha value is -0.640. The topological polar surface area (TPSA) is 38.0 Å². The second-order valence-electron chi connectivity index (χ2n) is 3.08. The third-order valence-electron chi connectivity index (χ3n) is 1.97. The predicted octanol–water partition coefficient (Wildman–Crippen LogP) is 2.09. The van der Waals surface area contributed by atoms with Crippen LogP contribution in [0.4, 0.5) is 4.39 Å². The van der Waals surface area contributed by atoms with Crippen molar-refractivity contribution in [1.29, 1.82) is 0 Å². The van der Waals surface area contributed by atoms with Gasteiger partial charge in [0.05, 0.1) is 0 Å². The zero-order valence-corrected chi connectivity index (χ0v) is 8.81. The van der Waals surface area contributed by atoms with Gasteiger partial charge < -0.3 is 11.1 Å². The van der Waals surface area contributed by atoms with Crippen molar-refractivity contribution in [2.24, 2.45) is 5.73 Å². The SMILES string of the molecule is CCNCC(N)c1cc(Cl)ccc1F. The smallest absolute Gasteiger partial charge is 0.128 e. The fourth-order valence-electron chi connectivity index (χ4n) is 1.21. The molecule has 14 heavy (non-hydrogen) atoms. The zero-order valence-electron chi connectivity index (χ0n) is 8.06. The summed E-state index contributed by atoms with van der Waals surface area (Å²) in [5.74, 6) is -0.306. The van der Waals surface area contributed by atoms with E-state index < -0.39 is 0 Å².